The molecule has 5 heteroatoms. The Labute approximate surface area is 95.6 Å². The minimum absolute atomic E-state index is 0.350. The topological polar surface area (TPSA) is 57.2 Å². The molecule has 5 nitrogen and oxygen atoms in total. The van der Waals surface area contributed by atoms with Gasteiger partial charge in [-0.3, -0.25) is 0 Å². The third-order valence-electron chi connectivity index (χ3n) is 2.82. The maximum atomic E-state index is 10.1. The lowest BCUT2D eigenvalue weighted by molar-refractivity contribution is -0.178. The molecule has 2 saturated heterocycles. The first-order chi connectivity index (χ1) is 7.29. The number of aliphatic hydroxyl groups is 1. The van der Waals surface area contributed by atoms with Crippen LogP contribution < -0.4 is 0 Å². The summed E-state index contributed by atoms with van der Waals surface area (Å²) >= 11 is 0. The van der Waals surface area contributed by atoms with E-state index in [2.05, 4.69) is 0 Å². The molecule has 0 aromatic rings. The molecule has 0 bridgehead atoms. The molecular formula is C11H20O5. The zero-order valence-corrected chi connectivity index (χ0v) is 10.2. The van der Waals surface area contributed by atoms with Crippen LogP contribution in [0.5, 0.6) is 0 Å². The van der Waals surface area contributed by atoms with Crippen LogP contribution in [-0.2, 0) is 18.9 Å². The number of hydrogen-bond donors (Lipinski definition) is 1. The summed E-state index contributed by atoms with van der Waals surface area (Å²) in [5.74, 6) is -1.25. The normalized spacial score (nSPS) is 38.8. The highest BCUT2D eigenvalue weighted by atomic mass is 16.8. The lowest BCUT2D eigenvalue weighted by atomic mass is 10.1. The molecule has 2 aliphatic rings. The van der Waals surface area contributed by atoms with E-state index in [0.717, 1.165) is 0 Å². The first-order valence-corrected chi connectivity index (χ1v) is 5.61. The Hall–Kier alpha value is -0.200. The molecule has 0 aliphatic carbocycles. The van der Waals surface area contributed by atoms with Gasteiger partial charge in [-0.15, -0.1) is 0 Å². The summed E-state index contributed by atoms with van der Waals surface area (Å²) in [5, 5.41) is 10.1. The lowest BCUT2D eigenvalue weighted by Gasteiger charge is -2.24. The fourth-order valence-corrected chi connectivity index (χ4v) is 2.01. The van der Waals surface area contributed by atoms with E-state index < -0.39 is 17.7 Å². The summed E-state index contributed by atoms with van der Waals surface area (Å²) in [6, 6.07) is 0. The van der Waals surface area contributed by atoms with Crippen molar-refractivity contribution >= 4 is 0 Å². The Morgan fingerprint density at radius 3 is 1.56 bits per heavy atom. The van der Waals surface area contributed by atoms with Gasteiger partial charge in [0.1, 0.15) is 18.3 Å². The van der Waals surface area contributed by atoms with Crippen molar-refractivity contribution in [3.05, 3.63) is 0 Å². The predicted molar refractivity (Wildman–Crippen MR) is 55.8 cm³/mol. The summed E-state index contributed by atoms with van der Waals surface area (Å²) in [7, 11) is 0. The average molecular weight is 232 g/mol. The SMILES string of the molecule is CC1(C)OC[C@@H](C(O)[C@H]2COC(C)(C)O2)O1. The first kappa shape index (κ1) is 12.3. The van der Waals surface area contributed by atoms with Crippen LogP contribution in [0.3, 0.4) is 0 Å². The molecule has 2 heterocycles. The zero-order chi connectivity index (χ0) is 12.0. The number of hydrogen-bond acceptors (Lipinski definition) is 5. The molecule has 2 aliphatic heterocycles. The third kappa shape index (κ3) is 2.55. The van der Waals surface area contributed by atoms with Crippen LogP contribution in [0, 0.1) is 0 Å². The highest BCUT2D eigenvalue weighted by Crippen LogP contribution is 2.30. The number of rotatable bonds is 2. The fourth-order valence-electron chi connectivity index (χ4n) is 2.01. The second-order valence-corrected chi connectivity index (χ2v) is 5.22. The minimum Gasteiger partial charge on any atom is -0.388 e. The van der Waals surface area contributed by atoms with E-state index in [0.29, 0.717) is 13.2 Å². The van der Waals surface area contributed by atoms with Crippen molar-refractivity contribution in [2.75, 3.05) is 13.2 Å². The molecule has 0 amide bonds. The van der Waals surface area contributed by atoms with Crippen molar-refractivity contribution in [1.82, 2.24) is 0 Å². The van der Waals surface area contributed by atoms with Crippen LogP contribution in [0.2, 0.25) is 0 Å². The molecular weight excluding hydrogens is 212 g/mol. The van der Waals surface area contributed by atoms with Gasteiger partial charge < -0.3 is 24.1 Å². The number of aliphatic hydroxyl groups excluding tert-OH is 1. The average Bonchev–Trinajstić information content (AvgIpc) is 2.68. The van der Waals surface area contributed by atoms with E-state index in [1.165, 1.54) is 0 Å². The van der Waals surface area contributed by atoms with Crippen molar-refractivity contribution in [3.8, 4) is 0 Å². The van der Waals surface area contributed by atoms with Gasteiger partial charge in [0.25, 0.3) is 0 Å². The van der Waals surface area contributed by atoms with E-state index >= 15 is 0 Å². The summed E-state index contributed by atoms with van der Waals surface area (Å²) in [4.78, 5) is 0. The van der Waals surface area contributed by atoms with Crippen molar-refractivity contribution in [2.45, 2.75) is 57.6 Å². The molecule has 0 spiro atoms. The summed E-state index contributed by atoms with van der Waals surface area (Å²) in [6.07, 6.45) is -1.42. The van der Waals surface area contributed by atoms with Gasteiger partial charge in [0.05, 0.1) is 13.2 Å². The van der Waals surface area contributed by atoms with Crippen molar-refractivity contribution in [3.63, 3.8) is 0 Å². The largest absolute Gasteiger partial charge is 0.388 e. The summed E-state index contributed by atoms with van der Waals surface area (Å²) < 4.78 is 22.0. The van der Waals surface area contributed by atoms with Crippen molar-refractivity contribution in [2.24, 2.45) is 0 Å². The molecule has 0 aromatic heterocycles. The Kier molecular flexibility index (Phi) is 3.01. The molecule has 3 atom stereocenters. The van der Waals surface area contributed by atoms with E-state index in [4.69, 9.17) is 18.9 Å². The molecule has 0 saturated carbocycles. The quantitative estimate of drug-likeness (QED) is 0.757. The van der Waals surface area contributed by atoms with E-state index in [1.54, 1.807) is 0 Å². The highest BCUT2D eigenvalue weighted by Gasteiger charge is 2.44. The Balaban J connectivity index is 1.92. The highest BCUT2D eigenvalue weighted by molar-refractivity contribution is 4.86. The van der Waals surface area contributed by atoms with Gasteiger partial charge in [-0.1, -0.05) is 0 Å². The van der Waals surface area contributed by atoms with Gasteiger partial charge in [0, 0.05) is 0 Å². The van der Waals surface area contributed by atoms with Gasteiger partial charge in [-0.25, -0.2) is 0 Å². The van der Waals surface area contributed by atoms with Gasteiger partial charge in [-0.05, 0) is 27.7 Å². The number of ether oxygens (including phenoxy) is 4. The lowest BCUT2D eigenvalue weighted by Crippen LogP contribution is -2.41. The van der Waals surface area contributed by atoms with Crippen LogP contribution in [0.1, 0.15) is 27.7 Å². The van der Waals surface area contributed by atoms with Crippen molar-refractivity contribution < 1.29 is 24.1 Å². The second kappa shape index (κ2) is 3.92. The zero-order valence-electron chi connectivity index (χ0n) is 10.2. The molecule has 16 heavy (non-hydrogen) atoms. The standard InChI is InChI=1S/C11H20O5/c1-10(2)13-5-7(15-10)9(12)8-6-14-11(3,4)16-8/h7-9,12H,5-6H2,1-4H3/t7-,8+,9?. The van der Waals surface area contributed by atoms with Gasteiger partial charge in [-0.2, -0.15) is 0 Å². The van der Waals surface area contributed by atoms with E-state index in [-0.39, 0.29) is 12.2 Å². The van der Waals surface area contributed by atoms with Crippen LogP contribution in [0.25, 0.3) is 0 Å². The van der Waals surface area contributed by atoms with E-state index in [9.17, 15) is 5.11 Å². The third-order valence-corrected chi connectivity index (χ3v) is 2.82. The van der Waals surface area contributed by atoms with Crippen molar-refractivity contribution in [1.29, 1.82) is 0 Å². The second-order valence-electron chi connectivity index (χ2n) is 5.22. The van der Waals surface area contributed by atoms with Gasteiger partial charge in [0.15, 0.2) is 11.6 Å². The molecule has 1 N–H and O–H groups in total. The smallest absolute Gasteiger partial charge is 0.163 e. The Morgan fingerprint density at radius 1 is 0.938 bits per heavy atom. The molecule has 1 unspecified atom stereocenters. The van der Waals surface area contributed by atoms with Gasteiger partial charge >= 0.3 is 0 Å². The van der Waals surface area contributed by atoms with Crippen LogP contribution in [0.15, 0.2) is 0 Å². The Morgan fingerprint density at radius 2 is 1.31 bits per heavy atom. The maximum Gasteiger partial charge on any atom is 0.163 e. The molecule has 94 valence electrons. The summed E-state index contributed by atoms with van der Waals surface area (Å²) in [6.45, 7) is 8.08. The van der Waals surface area contributed by atoms with Crippen LogP contribution >= 0.6 is 0 Å². The maximum absolute atomic E-state index is 10.1. The molecule has 2 rings (SSSR count). The molecule has 2 fully saturated rings. The fraction of sp³-hybridized carbons (Fsp3) is 1.00. The predicted octanol–water partition coefficient (Wildman–Crippen LogP) is 0.650. The first-order valence-electron chi connectivity index (χ1n) is 5.61. The van der Waals surface area contributed by atoms with Crippen LogP contribution in [-0.4, -0.2) is 48.2 Å². The molecule has 0 radical (unpaired) electrons. The minimum atomic E-state index is -0.719. The molecule has 0 aromatic carbocycles. The summed E-state index contributed by atoms with van der Waals surface area (Å²) in [5.41, 5.74) is 0. The van der Waals surface area contributed by atoms with Crippen LogP contribution in [0.4, 0.5) is 0 Å². The monoisotopic (exact) mass is 232 g/mol. The Bertz CT molecular complexity index is 237. The van der Waals surface area contributed by atoms with E-state index in [1.807, 2.05) is 27.7 Å². The van der Waals surface area contributed by atoms with Gasteiger partial charge in [0.2, 0.25) is 0 Å².